The number of halogens is 2. The van der Waals surface area contributed by atoms with Gasteiger partial charge in [0.2, 0.25) is 0 Å². The highest BCUT2D eigenvalue weighted by Gasteiger charge is 2.32. The van der Waals surface area contributed by atoms with Gasteiger partial charge in [0.05, 0.1) is 23.1 Å². The third kappa shape index (κ3) is 3.70. The number of amides is 1. The van der Waals surface area contributed by atoms with Crippen molar-refractivity contribution >= 4 is 18.3 Å². The molecular weight excluding hydrogens is 343 g/mol. The lowest BCUT2D eigenvalue weighted by Gasteiger charge is -2.39. The Morgan fingerprint density at radius 1 is 1.36 bits per heavy atom. The minimum atomic E-state index is -0.298. The molecule has 1 aliphatic heterocycles. The van der Waals surface area contributed by atoms with Crippen molar-refractivity contribution in [1.29, 1.82) is 0 Å². The Balaban J connectivity index is 0.00000225. The Hall–Kier alpha value is -1.92. The minimum absolute atomic E-state index is 0. The third-order valence-electron chi connectivity index (χ3n) is 4.93. The van der Waals surface area contributed by atoms with Crippen LogP contribution >= 0.6 is 12.4 Å². The largest absolute Gasteiger partial charge is 0.334 e. The lowest BCUT2D eigenvalue weighted by atomic mass is 9.90. The van der Waals surface area contributed by atoms with Crippen LogP contribution in [0.5, 0.6) is 0 Å². The van der Waals surface area contributed by atoms with Gasteiger partial charge in [-0.2, -0.15) is 5.10 Å². The minimum Gasteiger partial charge on any atom is -0.334 e. The van der Waals surface area contributed by atoms with Crippen LogP contribution in [0.4, 0.5) is 4.39 Å². The molecule has 136 valence electrons. The monoisotopic (exact) mass is 366 g/mol. The van der Waals surface area contributed by atoms with E-state index in [1.807, 2.05) is 11.8 Å². The predicted octanol–water partition coefficient (Wildman–Crippen LogP) is 2.94. The number of carbonyl (C=O) groups is 1. The zero-order valence-corrected chi connectivity index (χ0v) is 15.3. The summed E-state index contributed by atoms with van der Waals surface area (Å²) in [5.41, 5.74) is 7.96. The maximum Gasteiger partial charge on any atom is 0.257 e. The molecule has 1 saturated heterocycles. The number of benzene rings is 1. The van der Waals surface area contributed by atoms with Crippen molar-refractivity contribution in [2.45, 2.75) is 32.7 Å². The lowest BCUT2D eigenvalue weighted by Crippen LogP contribution is -2.51. The second-order valence-corrected chi connectivity index (χ2v) is 6.45. The summed E-state index contributed by atoms with van der Waals surface area (Å²) in [4.78, 5) is 14.9. The Morgan fingerprint density at radius 2 is 2.04 bits per heavy atom. The van der Waals surface area contributed by atoms with E-state index in [0.29, 0.717) is 18.0 Å². The van der Waals surface area contributed by atoms with Gasteiger partial charge in [-0.25, -0.2) is 9.07 Å². The normalized spacial score (nSPS) is 20.2. The molecule has 1 amide bonds. The summed E-state index contributed by atoms with van der Waals surface area (Å²) in [5, 5.41) is 4.32. The van der Waals surface area contributed by atoms with E-state index in [4.69, 9.17) is 5.73 Å². The standard InChI is InChI=1S/C18H23FN4O.ClH/c1-12-4-3-9-22(17(12)10-20)18(24)16-11-21-23(13(16)2)15-7-5-14(19)6-8-15;/h5-8,11-12,17H,3-4,9-10,20H2,1-2H3;1H. The fourth-order valence-corrected chi connectivity index (χ4v) is 3.48. The molecule has 25 heavy (non-hydrogen) atoms. The van der Waals surface area contributed by atoms with Crippen LogP contribution in [0.15, 0.2) is 30.5 Å². The van der Waals surface area contributed by atoms with Crippen LogP contribution in [0.2, 0.25) is 0 Å². The van der Waals surface area contributed by atoms with E-state index < -0.39 is 0 Å². The first kappa shape index (κ1) is 19.4. The molecule has 0 aliphatic carbocycles. The van der Waals surface area contributed by atoms with E-state index in [2.05, 4.69) is 12.0 Å². The van der Waals surface area contributed by atoms with Gasteiger partial charge in [0.1, 0.15) is 5.82 Å². The highest BCUT2D eigenvalue weighted by Crippen LogP contribution is 2.25. The van der Waals surface area contributed by atoms with Gasteiger partial charge in [0.15, 0.2) is 0 Å². The summed E-state index contributed by atoms with van der Waals surface area (Å²) >= 11 is 0. The SMILES string of the molecule is Cc1c(C(=O)N2CCCC(C)C2CN)cnn1-c1ccc(F)cc1.Cl. The van der Waals surface area contributed by atoms with Crippen molar-refractivity contribution in [3.63, 3.8) is 0 Å². The predicted molar refractivity (Wildman–Crippen MR) is 97.8 cm³/mol. The Kier molecular flexibility index (Phi) is 6.19. The van der Waals surface area contributed by atoms with Crippen molar-refractivity contribution in [1.82, 2.24) is 14.7 Å². The molecule has 1 aromatic heterocycles. The number of nitrogens with zero attached hydrogens (tertiary/aromatic N) is 3. The van der Waals surface area contributed by atoms with Crippen molar-refractivity contribution in [2.24, 2.45) is 11.7 Å². The molecule has 1 fully saturated rings. The molecule has 2 N–H and O–H groups in total. The van der Waals surface area contributed by atoms with E-state index in [1.165, 1.54) is 12.1 Å². The van der Waals surface area contributed by atoms with Gasteiger partial charge in [-0.05, 0) is 49.9 Å². The van der Waals surface area contributed by atoms with Crippen LogP contribution in [-0.2, 0) is 0 Å². The number of piperidine rings is 1. The van der Waals surface area contributed by atoms with Gasteiger partial charge in [-0.15, -0.1) is 12.4 Å². The van der Waals surface area contributed by atoms with E-state index in [1.54, 1.807) is 23.0 Å². The van der Waals surface area contributed by atoms with Crippen LogP contribution in [-0.4, -0.2) is 39.7 Å². The number of carbonyl (C=O) groups excluding carboxylic acids is 1. The number of hydrogen-bond donors (Lipinski definition) is 1. The molecule has 2 unspecified atom stereocenters. The molecule has 2 heterocycles. The molecule has 3 rings (SSSR count). The van der Waals surface area contributed by atoms with Crippen molar-refractivity contribution < 1.29 is 9.18 Å². The maximum atomic E-state index is 13.1. The smallest absolute Gasteiger partial charge is 0.257 e. The van der Waals surface area contributed by atoms with Crippen LogP contribution in [0.3, 0.4) is 0 Å². The summed E-state index contributed by atoms with van der Waals surface area (Å²) in [6.45, 7) is 5.20. The first-order chi connectivity index (χ1) is 11.5. The molecule has 7 heteroatoms. The summed E-state index contributed by atoms with van der Waals surface area (Å²) in [5.74, 6) is 0.0796. The van der Waals surface area contributed by atoms with Gasteiger partial charge in [0.25, 0.3) is 5.91 Å². The molecule has 2 atom stereocenters. The maximum absolute atomic E-state index is 13.1. The molecule has 1 aromatic carbocycles. The molecular formula is C18H24ClFN4O. The van der Waals surface area contributed by atoms with Crippen LogP contribution in [0, 0.1) is 18.7 Å². The Labute approximate surface area is 153 Å². The Morgan fingerprint density at radius 3 is 2.68 bits per heavy atom. The summed E-state index contributed by atoms with van der Waals surface area (Å²) in [6.07, 6.45) is 3.68. The third-order valence-corrected chi connectivity index (χ3v) is 4.93. The average molecular weight is 367 g/mol. The molecule has 0 radical (unpaired) electrons. The van der Waals surface area contributed by atoms with E-state index >= 15 is 0 Å². The zero-order chi connectivity index (χ0) is 17.3. The van der Waals surface area contributed by atoms with Crippen molar-refractivity contribution in [3.8, 4) is 5.69 Å². The van der Waals surface area contributed by atoms with Gasteiger partial charge in [-0.3, -0.25) is 4.79 Å². The fourth-order valence-electron chi connectivity index (χ4n) is 3.48. The van der Waals surface area contributed by atoms with Crippen molar-refractivity contribution in [2.75, 3.05) is 13.1 Å². The van der Waals surface area contributed by atoms with Gasteiger partial charge in [0, 0.05) is 19.1 Å². The number of aromatic nitrogens is 2. The molecule has 1 aliphatic rings. The molecule has 2 aromatic rings. The quantitative estimate of drug-likeness (QED) is 0.908. The lowest BCUT2D eigenvalue weighted by molar-refractivity contribution is 0.0532. The first-order valence-corrected chi connectivity index (χ1v) is 8.34. The second kappa shape index (κ2) is 7.97. The van der Waals surface area contributed by atoms with Crippen LogP contribution < -0.4 is 5.73 Å². The van der Waals surface area contributed by atoms with Crippen LogP contribution in [0.1, 0.15) is 35.8 Å². The average Bonchev–Trinajstić information content (AvgIpc) is 2.96. The number of nitrogens with two attached hydrogens (primary N) is 1. The van der Waals surface area contributed by atoms with Crippen LogP contribution in [0.25, 0.3) is 5.69 Å². The molecule has 5 nitrogen and oxygen atoms in total. The molecule has 0 bridgehead atoms. The topological polar surface area (TPSA) is 64.2 Å². The van der Waals surface area contributed by atoms with Gasteiger partial charge < -0.3 is 10.6 Å². The molecule has 0 saturated carbocycles. The van der Waals surface area contributed by atoms with E-state index in [0.717, 1.165) is 30.8 Å². The fraction of sp³-hybridized carbons (Fsp3) is 0.444. The van der Waals surface area contributed by atoms with E-state index in [-0.39, 0.29) is 30.2 Å². The highest BCUT2D eigenvalue weighted by atomic mass is 35.5. The number of likely N-dealkylation sites (tertiary alicyclic amines) is 1. The molecule has 0 spiro atoms. The zero-order valence-electron chi connectivity index (χ0n) is 14.5. The summed E-state index contributed by atoms with van der Waals surface area (Å²) in [7, 11) is 0. The van der Waals surface area contributed by atoms with Gasteiger partial charge >= 0.3 is 0 Å². The van der Waals surface area contributed by atoms with Crippen molar-refractivity contribution in [3.05, 3.63) is 47.5 Å². The van der Waals surface area contributed by atoms with Gasteiger partial charge in [-0.1, -0.05) is 6.92 Å². The summed E-state index contributed by atoms with van der Waals surface area (Å²) < 4.78 is 14.8. The number of rotatable bonds is 3. The summed E-state index contributed by atoms with van der Waals surface area (Å²) in [6, 6.07) is 6.13. The number of hydrogen-bond acceptors (Lipinski definition) is 3. The highest BCUT2D eigenvalue weighted by molar-refractivity contribution is 5.95. The van der Waals surface area contributed by atoms with E-state index in [9.17, 15) is 9.18 Å². The first-order valence-electron chi connectivity index (χ1n) is 8.34. The second-order valence-electron chi connectivity index (χ2n) is 6.45. The Bertz CT molecular complexity index is 731.